The summed E-state index contributed by atoms with van der Waals surface area (Å²) >= 11 is 0. The number of H-pyrrole nitrogens is 2. The highest BCUT2D eigenvalue weighted by atomic mass is 16.3. The lowest BCUT2D eigenvalue weighted by molar-refractivity contribution is 0.0707. The summed E-state index contributed by atoms with van der Waals surface area (Å²) in [6.07, 6.45) is 3.53. The Morgan fingerprint density at radius 1 is 1.18 bits per heavy atom. The minimum absolute atomic E-state index is 0.0249. The number of carbonyl (C=O) groups excluding carboxylic acids is 1. The van der Waals surface area contributed by atoms with E-state index >= 15 is 0 Å². The standard InChI is InChI=1S/C22H22N4O2/c1-14-21(16-5-2-3-6-17(16)23-14)15-8-10-26(11-9-15)22(27)19-13-18(24-25-19)20-7-4-12-28-20/h2-7,12-13,15,23H,8-11H2,1H3,(H,24,25). The van der Waals surface area contributed by atoms with Crippen LogP contribution in [-0.4, -0.2) is 39.1 Å². The molecule has 1 fully saturated rings. The molecule has 1 amide bonds. The third-order valence-corrected chi connectivity index (χ3v) is 5.72. The Balaban J connectivity index is 1.30. The maximum atomic E-state index is 12.9. The third kappa shape index (κ3) is 2.81. The molecule has 0 atom stereocenters. The SMILES string of the molecule is Cc1[nH]c2ccccc2c1C1CCN(C(=O)c2cc(-c3ccco3)[nH]n2)CC1. The fraction of sp³-hybridized carbons (Fsp3) is 0.273. The largest absolute Gasteiger partial charge is 0.463 e. The van der Waals surface area contributed by atoms with Gasteiger partial charge in [-0.25, -0.2) is 0 Å². The molecule has 1 aliphatic rings. The van der Waals surface area contributed by atoms with Gasteiger partial charge in [0.2, 0.25) is 0 Å². The van der Waals surface area contributed by atoms with Crippen LogP contribution in [0.5, 0.6) is 0 Å². The van der Waals surface area contributed by atoms with Crippen molar-refractivity contribution in [1.29, 1.82) is 0 Å². The van der Waals surface area contributed by atoms with E-state index in [0.717, 1.165) is 31.6 Å². The monoisotopic (exact) mass is 374 g/mol. The van der Waals surface area contributed by atoms with Gasteiger partial charge in [-0.3, -0.25) is 9.89 Å². The van der Waals surface area contributed by atoms with Crippen molar-refractivity contribution in [3.05, 3.63) is 65.7 Å². The Kier molecular flexibility index (Phi) is 4.04. The van der Waals surface area contributed by atoms with E-state index in [0.29, 0.717) is 17.4 Å². The van der Waals surface area contributed by atoms with E-state index in [1.807, 2.05) is 17.0 Å². The number of hydrogen-bond donors (Lipinski definition) is 2. The molecule has 0 bridgehead atoms. The van der Waals surface area contributed by atoms with Crippen LogP contribution in [0, 0.1) is 6.92 Å². The second-order valence-electron chi connectivity index (χ2n) is 7.42. The molecule has 6 nitrogen and oxygen atoms in total. The summed E-state index contributed by atoms with van der Waals surface area (Å²) in [5.74, 6) is 1.13. The van der Waals surface area contributed by atoms with E-state index in [1.54, 1.807) is 12.3 Å². The quantitative estimate of drug-likeness (QED) is 0.555. The van der Waals surface area contributed by atoms with Crippen LogP contribution in [0.2, 0.25) is 0 Å². The minimum Gasteiger partial charge on any atom is -0.463 e. The first-order valence-corrected chi connectivity index (χ1v) is 9.66. The number of fused-ring (bicyclic) bond motifs is 1. The Bertz CT molecular complexity index is 1110. The first kappa shape index (κ1) is 16.9. The van der Waals surface area contributed by atoms with Crippen molar-refractivity contribution in [2.45, 2.75) is 25.7 Å². The smallest absolute Gasteiger partial charge is 0.274 e. The highest BCUT2D eigenvalue weighted by molar-refractivity contribution is 5.93. The van der Waals surface area contributed by atoms with Crippen molar-refractivity contribution >= 4 is 16.8 Å². The van der Waals surface area contributed by atoms with Crippen molar-refractivity contribution in [3.63, 3.8) is 0 Å². The first-order valence-electron chi connectivity index (χ1n) is 9.66. The Morgan fingerprint density at radius 3 is 2.79 bits per heavy atom. The number of aryl methyl sites for hydroxylation is 1. The van der Waals surface area contributed by atoms with Crippen molar-refractivity contribution in [3.8, 4) is 11.5 Å². The van der Waals surface area contributed by atoms with Crippen LogP contribution in [0.25, 0.3) is 22.4 Å². The number of benzene rings is 1. The summed E-state index contributed by atoms with van der Waals surface area (Å²) in [5, 5.41) is 8.39. The number of piperidine rings is 1. The van der Waals surface area contributed by atoms with Gasteiger partial charge in [0.15, 0.2) is 11.5 Å². The summed E-state index contributed by atoms with van der Waals surface area (Å²) < 4.78 is 5.36. The third-order valence-electron chi connectivity index (χ3n) is 5.72. The van der Waals surface area contributed by atoms with Crippen LogP contribution < -0.4 is 0 Å². The van der Waals surface area contributed by atoms with Gasteiger partial charge >= 0.3 is 0 Å². The van der Waals surface area contributed by atoms with E-state index in [4.69, 9.17) is 4.42 Å². The molecule has 4 heterocycles. The highest BCUT2D eigenvalue weighted by Crippen LogP contribution is 2.35. The molecule has 1 aliphatic heterocycles. The second-order valence-corrected chi connectivity index (χ2v) is 7.42. The van der Waals surface area contributed by atoms with E-state index in [2.05, 4.69) is 46.4 Å². The number of aromatic nitrogens is 3. The zero-order valence-corrected chi connectivity index (χ0v) is 15.7. The van der Waals surface area contributed by atoms with Gasteiger partial charge in [0.25, 0.3) is 5.91 Å². The minimum atomic E-state index is -0.0249. The number of rotatable bonds is 3. The van der Waals surface area contributed by atoms with Crippen LogP contribution in [0.3, 0.4) is 0 Å². The van der Waals surface area contributed by atoms with Crippen molar-refractivity contribution in [2.75, 3.05) is 13.1 Å². The van der Waals surface area contributed by atoms with Gasteiger partial charge in [0.1, 0.15) is 5.69 Å². The van der Waals surface area contributed by atoms with Gasteiger partial charge in [-0.2, -0.15) is 5.10 Å². The number of hydrogen-bond acceptors (Lipinski definition) is 3. The number of furan rings is 1. The van der Waals surface area contributed by atoms with Crippen LogP contribution in [-0.2, 0) is 0 Å². The van der Waals surface area contributed by atoms with Crippen molar-refractivity contribution in [2.24, 2.45) is 0 Å². The lowest BCUT2D eigenvalue weighted by atomic mass is 9.87. The van der Waals surface area contributed by atoms with Crippen molar-refractivity contribution in [1.82, 2.24) is 20.1 Å². The lowest BCUT2D eigenvalue weighted by Gasteiger charge is -2.32. The maximum absolute atomic E-state index is 12.9. The summed E-state index contributed by atoms with van der Waals surface area (Å²) in [4.78, 5) is 18.3. The fourth-order valence-corrected chi connectivity index (χ4v) is 4.35. The van der Waals surface area contributed by atoms with E-state index in [-0.39, 0.29) is 5.91 Å². The van der Waals surface area contributed by atoms with Crippen LogP contribution >= 0.6 is 0 Å². The molecule has 142 valence electrons. The molecule has 28 heavy (non-hydrogen) atoms. The van der Waals surface area contributed by atoms with Gasteiger partial charge < -0.3 is 14.3 Å². The van der Waals surface area contributed by atoms with Gasteiger partial charge in [0.05, 0.1) is 6.26 Å². The number of aromatic amines is 2. The van der Waals surface area contributed by atoms with Crippen LogP contribution in [0.4, 0.5) is 0 Å². The molecule has 2 N–H and O–H groups in total. The summed E-state index contributed by atoms with van der Waals surface area (Å²) in [7, 11) is 0. The van der Waals surface area contributed by atoms with Gasteiger partial charge in [0, 0.05) is 35.8 Å². The highest BCUT2D eigenvalue weighted by Gasteiger charge is 2.28. The Labute approximate surface area is 162 Å². The normalized spacial score (nSPS) is 15.4. The second kappa shape index (κ2) is 6.71. The molecule has 0 saturated carbocycles. The van der Waals surface area contributed by atoms with E-state index < -0.39 is 0 Å². The molecule has 0 unspecified atom stereocenters. The predicted octanol–water partition coefficient (Wildman–Crippen LogP) is 4.48. The van der Waals surface area contributed by atoms with E-state index in [9.17, 15) is 4.79 Å². The molecule has 0 radical (unpaired) electrons. The molecule has 4 aromatic rings. The zero-order chi connectivity index (χ0) is 19.1. The molecular weight excluding hydrogens is 352 g/mol. The van der Waals surface area contributed by atoms with Crippen LogP contribution in [0.1, 0.15) is 40.5 Å². The first-order chi connectivity index (χ1) is 13.7. The lowest BCUT2D eigenvalue weighted by Crippen LogP contribution is -2.38. The number of carbonyl (C=O) groups is 1. The molecule has 0 aliphatic carbocycles. The maximum Gasteiger partial charge on any atom is 0.274 e. The molecule has 6 heteroatoms. The molecular formula is C22H22N4O2. The number of para-hydroxylation sites is 1. The zero-order valence-electron chi connectivity index (χ0n) is 15.7. The van der Waals surface area contributed by atoms with E-state index in [1.165, 1.54) is 22.2 Å². The van der Waals surface area contributed by atoms with Gasteiger partial charge in [-0.15, -0.1) is 0 Å². The summed E-state index contributed by atoms with van der Waals surface area (Å²) in [5.41, 5.74) is 4.99. The molecule has 0 spiro atoms. The number of nitrogens with one attached hydrogen (secondary N) is 2. The van der Waals surface area contributed by atoms with Gasteiger partial charge in [-0.05, 0) is 49.4 Å². The summed E-state index contributed by atoms with van der Waals surface area (Å²) in [6.45, 7) is 3.63. The number of nitrogens with zero attached hydrogens (tertiary/aromatic N) is 2. The average Bonchev–Trinajstić information content (AvgIpc) is 3.46. The fourth-order valence-electron chi connectivity index (χ4n) is 4.35. The predicted molar refractivity (Wildman–Crippen MR) is 107 cm³/mol. The molecule has 3 aromatic heterocycles. The summed E-state index contributed by atoms with van der Waals surface area (Å²) in [6, 6.07) is 13.9. The number of likely N-dealkylation sites (tertiary alicyclic amines) is 1. The topological polar surface area (TPSA) is 77.9 Å². The van der Waals surface area contributed by atoms with Gasteiger partial charge in [-0.1, -0.05) is 18.2 Å². The molecule has 5 rings (SSSR count). The van der Waals surface area contributed by atoms with Crippen LogP contribution in [0.15, 0.2) is 53.1 Å². The van der Waals surface area contributed by atoms with Crippen molar-refractivity contribution < 1.29 is 9.21 Å². The average molecular weight is 374 g/mol. The number of amides is 1. The Morgan fingerprint density at radius 2 is 2.00 bits per heavy atom. The Hall–Kier alpha value is -3.28. The molecule has 1 aromatic carbocycles. The molecule has 1 saturated heterocycles.